The molecule has 19 heavy (non-hydrogen) atoms. The minimum Gasteiger partial charge on any atom is -0.293 e. The number of benzene rings is 1. The van der Waals surface area contributed by atoms with E-state index in [1.807, 2.05) is 42.5 Å². The number of fused-ring (bicyclic) bond motifs is 1. The number of aryl methyl sites for hydroxylation is 1. The van der Waals surface area contributed by atoms with Gasteiger partial charge in [-0.15, -0.1) is 11.3 Å². The summed E-state index contributed by atoms with van der Waals surface area (Å²) in [4.78, 5) is 16.0. The Kier molecular flexibility index (Phi) is 3.49. The predicted molar refractivity (Wildman–Crippen MR) is 78.8 cm³/mol. The molecule has 98 valence electrons. The van der Waals surface area contributed by atoms with Crippen molar-refractivity contribution in [1.82, 2.24) is 4.90 Å². The molecule has 0 saturated carbocycles. The van der Waals surface area contributed by atoms with Gasteiger partial charge >= 0.3 is 0 Å². The Morgan fingerprint density at radius 2 is 2.05 bits per heavy atom. The van der Waals surface area contributed by atoms with E-state index < -0.39 is 0 Å². The molecule has 2 heterocycles. The van der Waals surface area contributed by atoms with E-state index in [1.165, 1.54) is 16.0 Å². The van der Waals surface area contributed by atoms with E-state index in [4.69, 9.17) is 0 Å². The minimum absolute atomic E-state index is 0.221. The summed E-state index contributed by atoms with van der Waals surface area (Å²) in [6.45, 7) is 4.47. The second-order valence-electron chi connectivity index (χ2n) is 5.12. The molecule has 0 spiro atoms. The summed E-state index contributed by atoms with van der Waals surface area (Å²) in [7, 11) is 0. The van der Waals surface area contributed by atoms with E-state index in [0.29, 0.717) is 6.54 Å². The lowest BCUT2D eigenvalue weighted by molar-refractivity contribution is 0.0922. The molecule has 0 bridgehead atoms. The third-order valence-corrected chi connectivity index (χ3v) is 4.65. The van der Waals surface area contributed by atoms with E-state index in [9.17, 15) is 4.79 Å². The van der Waals surface area contributed by atoms with Crippen LogP contribution < -0.4 is 0 Å². The molecule has 1 aliphatic rings. The maximum atomic E-state index is 12.2. The van der Waals surface area contributed by atoms with E-state index in [-0.39, 0.29) is 5.78 Å². The molecule has 2 aromatic rings. The summed E-state index contributed by atoms with van der Waals surface area (Å²) in [5.41, 5.74) is 3.41. The molecule has 0 atom stereocenters. The number of Topliss-reactive ketones (excluding diaryl/α,β-unsaturated/α-hetero) is 1. The standard InChI is InChI=1S/C16H17NOS/c1-12-2-4-13(5-3-12)15(18)11-17-8-6-16-14(10-17)7-9-19-16/h2-5,7,9H,6,8,10-11H2,1H3. The maximum Gasteiger partial charge on any atom is 0.176 e. The van der Waals surface area contributed by atoms with Crippen LogP contribution in [0.2, 0.25) is 0 Å². The number of nitrogens with zero attached hydrogens (tertiary/aromatic N) is 1. The second kappa shape index (κ2) is 5.27. The van der Waals surface area contributed by atoms with Gasteiger partial charge < -0.3 is 0 Å². The Balaban J connectivity index is 1.66. The van der Waals surface area contributed by atoms with Gasteiger partial charge in [-0.2, -0.15) is 0 Å². The van der Waals surface area contributed by atoms with Crippen molar-refractivity contribution in [2.45, 2.75) is 19.9 Å². The lowest BCUT2D eigenvalue weighted by Crippen LogP contribution is -2.34. The molecule has 3 heteroatoms. The van der Waals surface area contributed by atoms with Gasteiger partial charge in [0.1, 0.15) is 0 Å². The number of hydrogen-bond donors (Lipinski definition) is 0. The van der Waals surface area contributed by atoms with Gasteiger partial charge in [0.25, 0.3) is 0 Å². The van der Waals surface area contributed by atoms with Crippen molar-refractivity contribution in [3.63, 3.8) is 0 Å². The number of thiophene rings is 1. The van der Waals surface area contributed by atoms with E-state index in [1.54, 1.807) is 0 Å². The highest BCUT2D eigenvalue weighted by Gasteiger charge is 2.19. The van der Waals surface area contributed by atoms with Crippen LogP contribution in [0.15, 0.2) is 35.7 Å². The fourth-order valence-electron chi connectivity index (χ4n) is 2.48. The van der Waals surface area contributed by atoms with Crippen LogP contribution in [-0.4, -0.2) is 23.8 Å². The van der Waals surface area contributed by atoms with Gasteiger partial charge in [0.15, 0.2) is 5.78 Å². The highest BCUT2D eigenvalue weighted by atomic mass is 32.1. The molecule has 1 aliphatic heterocycles. The molecule has 1 aromatic carbocycles. The fourth-order valence-corrected chi connectivity index (χ4v) is 3.37. The highest BCUT2D eigenvalue weighted by Crippen LogP contribution is 2.24. The van der Waals surface area contributed by atoms with Crippen LogP contribution in [0, 0.1) is 6.92 Å². The predicted octanol–water partition coefficient (Wildman–Crippen LogP) is 3.30. The largest absolute Gasteiger partial charge is 0.293 e. The van der Waals surface area contributed by atoms with Crippen molar-refractivity contribution >= 4 is 17.1 Å². The zero-order valence-electron chi connectivity index (χ0n) is 11.1. The number of hydrogen-bond acceptors (Lipinski definition) is 3. The first kappa shape index (κ1) is 12.6. The maximum absolute atomic E-state index is 12.2. The van der Waals surface area contributed by atoms with Crippen molar-refractivity contribution in [2.75, 3.05) is 13.1 Å². The van der Waals surface area contributed by atoms with Gasteiger partial charge in [0, 0.05) is 23.5 Å². The summed E-state index contributed by atoms with van der Waals surface area (Å²) in [6, 6.07) is 10.0. The first-order chi connectivity index (χ1) is 9.22. The molecule has 0 N–H and O–H groups in total. The Bertz CT molecular complexity index is 585. The van der Waals surface area contributed by atoms with Crippen LogP contribution in [0.1, 0.15) is 26.4 Å². The molecule has 0 aliphatic carbocycles. The lowest BCUT2D eigenvalue weighted by Gasteiger charge is -2.26. The SMILES string of the molecule is Cc1ccc(C(=O)CN2CCc3sccc3C2)cc1. The Morgan fingerprint density at radius 1 is 1.26 bits per heavy atom. The zero-order valence-corrected chi connectivity index (χ0v) is 11.9. The normalized spacial score (nSPS) is 15.2. The fraction of sp³-hybridized carbons (Fsp3) is 0.312. The Morgan fingerprint density at radius 3 is 2.84 bits per heavy atom. The quantitative estimate of drug-likeness (QED) is 0.798. The van der Waals surface area contributed by atoms with Gasteiger partial charge in [-0.25, -0.2) is 0 Å². The third kappa shape index (κ3) is 2.77. The molecular formula is C16H17NOS. The number of ketones is 1. The zero-order chi connectivity index (χ0) is 13.2. The summed E-state index contributed by atoms with van der Waals surface area (Å²) in [5, 5.41) is 2.15. The molecule has 2 nitrogen and oxygen atoms in total. The van der Waals surface area contributed by atoms with Crippen molar-refractivity contribution < 1.29 is 4.79 Å². The molecular weight excluding hydrogens is 254 g/mol. The van der Waals surface area contributed by atoms with Crippen molar-refractivity contribution in [3.05, 3.63) is 57.3 Å². The molecule has 0 radical (unpaired) electrons. The minimum atomic E-state index is 0.221. The van der Waals surface area contributed by atoms with Crippen LogP contribution in [0.3, 0.4) is 0 Å². The van der Waals surface area contributed by atoms with Crippen LogP contribution >= 0.6 is 11.3 Å². The summed E-state index contributed by atoms with van der Waals surface area (Å²) in [5.74, 6) is 0.221. The Hall–Kier alpha value is -1.45. The third-order valence-electron chi connectivity index (χ3n) is 3.63. The number of rotatable bonds is 3. The van der Waals surface area contributed by atoms with Gasteiger partial charge in [-0.05, 0) is 30.4 Å². The molecule has 0 unspecified atom stereocenters. The van der Waals surface area contributed by atoms with Crippen LogP contribution in [0.5, 0.6) is 0 Å². The van der Waals surface area contributed by atoms with Gasteiger partial charge in [-0.1, -0.05) is 29.8 Å². The average molecular weight is 271 g/mol. The van der Waals surface area contributed by atoms with Crippen molar-refractivity contribution in [3.8, 4) is 0 Å². The van der Waals surface area contributed by atoms with Crippen molar-refractivity contribution in [2.24, 2.45) is 0 Å². The molecule has 1 aromatic heterocycles. The highest BCUT2D eigenvalue weighted by molar-refractivity contribution is 7.10. The van der Waals surface area contributed by atoms with Crippen LogP contribution in [0.4, 0.5) is 0 Å². The average Bonchev–Trinajstić information content (AvgIpc) is 2.87. The van der Waals surface area contributed by atoms with Gasteiger partial charge in [0.05, 0.1) is 6.54 Å². The number of carbonyl (C=O) groups excluding carboxylic acids is 1. The molecule has 3 rings (SSSR count). The summed E-state index contributed by atoms with van der Waals surface area (Å²) < 4.78 is 0. The Labute approximate surface area is 117 Å². The van der Waals surface area contributed by atoms with Gasteiger partial charge in [0.2, 0.25) is 0 Å². The van der Waals surface area contributed by atoms with E-state index in [0.717, 1.165) is 25.1 Å². The second-order valence-corrected chi connectivity index (χ2v) is 6.12. The monoisotopic (exact) mass is 271 g/mol. The van der Waals surface area contributed by atoms with E-state index >= 15 is 0 Å². The topological polar surface area (TPSA) is 20.3 Å². The lowest BCUT2D eigenvalue weighted by atomic mass is 10.1. The summed E-state index contributed by atoms with van der Waals surface area (Å²) >= 11 is 1.83. The van der Waals surface area contributed by atoms with Crippen LogP contribution in [-0.2, 0) is 13.0 Å². The first-order valence-corrected chi connectivity index (χ1v) is 7.48. The van der Waals surface area contributed by atoms with Crippen LogP contribution in [0.25, 0.3) is 0 Å². The summed E-state index contributed by atoms with van der Waals surface area (Å²) in [6.07, 6.45) is 1.08. The number of carbonyl (C=O) groups is 1. The molecule has 0 amide bonds. The van der Waals surface area contributed by atoms with Gasteiger partial charge in [-0.3, -0.25) is 9.69 Å². The van der Waals surface area contributed by atoms with Crippen molar-refractivity contribution in [1.29, 1.82) is 0 Å². The first-order valence-electron chi connectivity index (χ1n) is 6.60. The molecule has 0 saturated heterocycles. The smallest absolute Gasteiger partial charge is 0.176 e. The molecule has 0 fully saturated rings. The van der Waals surface area contributed by atoms with E-state index in [2.05, 4.69) is 16.3 Å².